The standard InChI is InChI=1S/C10H16N4O2.C2H6/c1-7(15)12-6-8-9-11-4-3-5-14(9)13(2)10(8)16;1-2/h11H,3-6H2,1-2H3,(H,12,15);1-2H3. The average molecular weight is 254 g/mol. The van der Waals surface area contributed by atoms with Crippen molar-refractivity contribution in [3.05, 3.63) is 15.9 Å². The molecule has 2 heterocycles. The van der Waals surface area contributed by atoms with Gasteiger partial charge in [0.2, 0.25) is 5.91 Å². The third kappa shape index (κ3) is 2.75. The Balaban J connectivity index is 0.000000771. The van der Waals surface area contributed by atoms with Gasteiger partial charge in [-0.1, -0.05) is 13.8 Å². The first-order valence-electron chi connectivity index (χ1n) is 6.38. The van der Waals surface area contributed by atoms with Gasteiger partial charge in [-0.25, -0.2) is 0 Å². The number of anilines is 1. The highest BCUT2D eigenvalue weighted by atomic mass is 16.1. The first kappa shape index (κ1) is 14.3. The molecule has 0 saturated heterocycles. The monoisotopic (exact) mass is 254 g/mol. The smallest absolute Gasteiger partial charge is 0.273 e. The molecule has 102 valence electrons. The summed E-state index contributed by atoms with van der Waals surface area (Å²) in [4.78, 5) is 22.8. The van der Waals surface area contributed by atoms with Crippen LogP contribution >= 0.6 is 0 Å². The molecule has 0 bridgehead atoms. The van der Waals surface area contributed by atoms with Gasteiger partial charge in [-0.15, -0.1) is 0 Å². The van der Waals surface area contributed by atoms with Crippen molar-refractivity contribution in [3.8, 4) is 0 Å². The lowest BCUT2D eigenvalue weighted by Gasteiger charge is -2.19. The molecular weight excluding hydrogens is 232 g/mol. The number of aromatic nitrogens is 2. The Morgan fingerprint density at radius 2 is 2.11 bits per heavy atom. The molecule has 0 atom stereocenters. The van der Waals surface area contributed by atoms with Gasteiger partial charge in [0.05, 0.1) is 12.1 Å². The van der Waals surface area contributed by atoms with Crippen molar-refractivity contribution in [1.29, 1.82) is 0 Å². The molecule has 2 N–H and O–H groups in total. The van der Waals surface area contributed by atoms with E-state index in [9.17, 15) is 9.59 Å². The Morgan fingerprint density at radius 1 is 1.44 bits per heavy atom. The van der Waals surface area contributed by atoms with Gasteiger partial charge in [0.15, 0.2) is 0 Å². The van der Waals surface area contributed by atoms with Gasteiger partial charge in [-0.3, -0.25) is 19.0 Å². The van der Waals surface area contributed by atoms with E-state index in [0.29, 0.717) is 5.56 Å². The fraction of sp³-hybridized carbons (Fsp3) is 0.667. The summed E-state index contributed by atoms with van der Waals surface area (Å²) in [7, 11) is 1.75. The maximum Gasteiger partial charge on any atom is 0.273 e. The van der Waals surface area contributed by atoms with Crippen LogP contribution in [0, 0.1) is 0 Å². The largest absolute Gasteiger partial charge is 0.370 e. The van der Waals surface area contributed by atoms with Crippen LogP contribution in [0.5, 0.6) is 0 Å². The number of nitrogens with one attached hydrogen (secondary N) is 2. The second-order valence-electron chi connectivity index (χ2n) is 3.97. The van der Waals surface area contributed by atoms with E-state index in [1.807, 2.05) is 18.5 Å². The minimum Gasteiger partial charge on any atom is -0.370 e. The molecule has 0 aliphatic carbocycles. The first-order chi connectivity index (χ1) is 8.61. The molecule has 1 aliphatic rings. The highest BCUT2D eigenvalue weighted by molar-refractivity contribution is 5.73. The molecule has 1 aliphatic heterocycles. The van der Waals surface area contributed by atoms with E-state index in [2.05, 4.69) is 10.6 Å². The lowest BCUT2D eigenvalue weighted by molar-refractivity contribution is -0.119. The maximum absolute atomic E-state index is 11.9. The summed E-state index contributed by atoms with van der Waals surface area (Å²) < 4.78 is 3.52. The molecule has 0 fully saturated rings. The zero-order chi connectivity index (χ0) is 13.7. The van der Waals surface area contributed by atoms with Crippen LogP contribution < -0.4 is 16.2 Å². The van der Waals surface area contributed by atoms with Gasteiger partial charge >= 0.3 is 0 Å². The van der Waals surface area contributed by atoms with Crippen molar-refractivity contribution in [2.75, 3.05) is 11.9 Å². The van der Waals surface area contributed by atoms with Crippen molar-refractivity contribution >= 4 is 11.7 Å². The molecule has 0 spiro atoms. The number of carbonyl (C=O) groups is 1. The third-order valence-corrected chi connectivity index (χ3v) is 2.81. The van der Waals surface area contributed by atoms with Crippen LogP contribution in [0.15, 0.2) is 4.79 Å². The van der Waals surface area contributed by atoms with Crippen LogP contribution in [0.4, 0.5) is 5.82 Å². The Hall–Kier alpha value is -1.72. The quantitative estimate of drug-likeness (QED) is 0.815. The Kier molecular flexibility index (Phi) is 5.00. The molecule has 1 amide bonds. The zero-order valence-corrected chi connectivity index (χ0v) is 11.5. The second kappa shape index (κ2) is 6.28. The lowest BCUT2D eigenvalue weighted by Crippen LogP contribution is -2.25. The van der Waals surface area contributed by atoms with Gasteiger partial charge in [0.25, 0.3) is 5.56 Å². The number of carbonyl (C=O) groups excluding carboxylic acids is 1. The third-order valence-electron chi connectivity index (χ3n) is 2.81. The Labute approximate surface area is 107 Å². The predicted octanol–water partition coefficient (Wildman–Crippen LogP) is 0.665. The summed E-state index contributed by atoms with van der Waals surface area (Å²) in [6.07, 6.45) is 1.01. The fourth-order valence-corrected chi connectivity index (χ4v) is 1.98. The van der Waals surface area contributed by atoms with E-state index >= 15 is 0 Å². The van der Waals surface area contributed by atoms with Crippen LogP contribution in [0.2, 0.25) is 0 Å². The van der Waals surface area contributed by atoms with Crippen LogP contribution in [0.3, 0.4) is 0 Å². The summed E-state index contributed by atoms with van der Waals surface area (Å²) >= 11 is 0. The van der Waals surface area contributed by atoms with Gasteiger partial charge in [-0.2, -0.15) is 0 Å². The molecule has 2 rings (SSSR count). The first-order valence-corrected chi connectivity index (χ1v) is 6.38. The van der Waals surface area contributed by atoms with Gasteiger partial charge < -0.3 is 10.6 Å². The summed E-state index contributed by atoms with van der Waals surface area (Å²) in [5.41, 5.74) is 0.593. The van der Waals surface area contributed by atoms with Gasteiger partial charge in [-0.05, 0) is 6.42 Å². The van der Waals surface area contributed by atoms with E-state index in [1.54, 1.807) is 11.7 Å². The maximum atomic E-state index is 11.9. The fourth-order valence-electron chi connectivity index (χ4n) is 1.98. The highest BCUT2D eigenvalue weighted by Crippen LogP contribution is 2.16. The van der Waals surface area contributed by atoms with Gasteiger partial charge in [0, 0.05) is 27.1 Å². The van der Waals surface area contributed by atoms with Crippen LogP contribution in [-0.4, -0.2) is 21.8 Å². The summed E-state index contributed by atoms with van der Waals surface area (Å²) in [6.45, 7) is 7.45. The summed E-state index contributed by atoms with van der Waals surface area (Å²) in [5.74, 6) is 0.713. The van der Waals surface area contributed by atoms with Crippen LogP contribution in [0.25, 0.3) is 0 Å². The van der Waals surface area contributed by atoms with Gasteiger partial charge in [0.1, 0.15) is 5.82 Å². The van der Waals surface area contributed by atoms with E-state index in [-0.39, 0.29) is 18.0 Å². The van der Waals surface area contributed by atoms with Crippen LogP contribution in [0.1, 0.15) is 32.8 Å². The van der Waals surface area contributed by atoms with Crippen molar-refractivity contribution in [2.45, 2.75) is 40.3 Å². The zero-order valence-electron chi connectivity index (χ0n) is 11.5. The molecule has 0 radical (unpaired) electrons. The van der Waals surface area contributed by atoms with E-state index in [1.165, 1.54) is 6.92 Å². The molecule has 0 unspecified atom stereocenters. The average Bonchev–Trinajstić information content (AvgIpc) is 2.63. The number of nitrogens with zero attached hydrogens (tertiary/aromatic N) is 2. The van der Waals surface area contributed by atoms with E-state index < -0.39 is 0 Å². The lowest BCUT2D eigenvalue weighted by atomic mass is 10.2. The predicted molar refractivity (Wildman–Crippen MR) is 71.6 cm³/mol. The molecule has 0 aromatic carbocycles. The number of fused-ring (bicyclic) bond motifs is 1. The van der Waals surface area contributed by atoms with Crippen LogP contribution in [-0.2, 0) is 24.9 Å². The molecular formula is C12H22N4O2. The normalized spacial score (nSPS) is 12.9. The highest BCUT2D eigenvalue weighted by Gasteiger charge is 2.20. The summed E-state index contributed by atoms with van der Waals surface area (Å²) in [6, 6.07) is 0. The van der Waals surface area contributed by atoms with Crippen molar-refractivity contribution in [1.82, 2.24) is 14.7 Å². The molecule has 0 saturated carbocycles. The minimum absolute atomic E-state index is 0.0434. The molecule has 1 aromatic heterocycles. The van der Waals surface area contributed by atoms with Crippen molar-refractivity contribution < 1.29 is 4.79 Å². The second-order valence-corrected chi connectivity index (χ2v) is 3.97. The minimum atomic E-state index is -0.127. The molecule has 6 heteroatoms. The Morgan fingerprint density at radius 3 is 2.72 bits per heavy atom. The van der Waals surface area contributed by atoms with Crippen molar-refractivity contribution in [3.63, 3.8) is 0 Å². The number of hydrogen-bond donors (Lipinski definition) is 2. The molecule has 6 nitrogen and oxygen atoms in total. The Bertz CT molecular complexity index is 473. The molecule has 1 aromatic rings. The van der Waals surface area contributed by atoms with E-state index in [0.717, 1.165) is 25.3 Å². The summed E-state index contributed by atoms with van der Waals surface area (Å²) in [5, 5.41) is 5.87. The van der Waals surface area contributed by atoms with Crippen molar-refractivity contribution in [2.24, 2.45) is 7.05 Å². The SMILES string of the molecule is CC.CC(=O)NCc1c2n(n(C)c1=O)CCCN2. The topological polar surface area (TPSA) is 68.1 Å². The van der Waals surface area contributed by atoms with E-state index in [4.69, 9.17) is 0 Å². The number of rotatable bonds is 2. The number of hydrogen-bond acceptors (Lipinski definition) is 3. The number of amides is 1. The molecule has 18 heavy (non-hydrogen) atoms.